The fraction of sp³-hybridized carbons (Fsp3) is 0.238. The Morgan fingerprint density at radius 3 is 2.53 bits per heavy atom. The molecular formula is C21H18ClF3N2O2S. The van der Waals surface area contributed by atoms with Gasteiger partial charge in [0.05, 0.1) is 16.2 Å². The van der Waals surface area contributed by atoms with Crippen LogP contribution in [0.1, 0.15) is 29.2 Å². The molecule has 1 heterocycles. The molecule has 0 fully saturated rings. The van der Waals surface area contributed by atoms with Gasteiger partial charge in [-0.2, -0.15) is 13.2 Å². The van der Waals surface area contributed by atoms with Crippen LogP contribution in [0, 0.1) is 0 Å². The van der Waals surface area contributed by atoms with E-state index >= 15 is 0 Å². The summed E-state index contributed by atoms with van der Waals surface area (Å²) in [5, 5.41) is 3.39. The van der Waals surface area contributed by atoms with Crippen molar-refractivity contribution in [2.75, 3.05) is 7.05 Å². The number of nitrogens with zero attached hydrogens (tertiary/aromatic N) is 1. The molecule has 9 heteroatoms. The Hall–Kier alpha value is -2.29. The first-order valence-electron chi connectivity index (χ1n) is 9.23. The monoisotopic (exact) mass is 454 g/mol. The maximum absolute atomic E-state index is 13.4. The molecule has 4 nitrogen and oxygen atoms in total. The molecule has 0 radical (unpaired) electrons. The van der Waals surface area contributed by atoms with Crippen LogP contribution in [0.4, 0.5) is 13.2 Å². The van der Waals surface area contributed by atoms with E-state index in [4.69, 9.17) is 11.6 Å². The Morgan fingerprint density at radius 1 is 1.13 bits per heavy atom. The summed E-state index contributed by atoms with van der Waals surface area (Å²) in [7, 11) is -2.30. The Labute approximate surface area is 177 Å². The average Bonchev–Trinajstić information content (AvgIpc) is 3.26. The lowest BCUT2D eigenvalue weighted by Crippen LogP contribution is -2.16. The van der Waals surface area contributed by atoms with Crippen molar-refractivity contribution < 1.29 is 21.6 Å². The van der Waals surface area contributed by atoms with Crippen molar-refractivity contribution in [2.45, 2.75) is 30.0 Å². The first-order chi connectivity index (χ1) is 14.1. The summed E-state index contributed by atoms with van der Waals surface area (Å²) in [4.78, 5) is -0.0297. The molecular weight excluding hydrogens is 437 g/mol. The molecule has 4 rings (SSSR count). The van der Waals surface area contributed by atoms with Crippen molar-refractivity contribution in [3.05, 3.63) is 76.4 Å². The highest BCUT2D eigenvalue weighted by Crippen LogP contribution is 2.42. The SMILES string of the molecule is CNC1CCc2c1cn(S(=O)(=O)c1cccc(Cl)c1)c2-c1cccc(C(F)(F)F)c1. The van der Waals surface area contributed by atoms with Crippen molar-refractivity contribution in [1.29, 1.82) is 0 Å². The molecule has 0 spiro atoms. The predicted octanol–water partition coefficient (Wildman–Crippen LogP) is 5.27. The van der Waals surface area contributed by atoms with Gasteiger partial charge in [-0.3, -0.25) is 0 Å². The van der Waals surface area contributed by atoms with Crippen LogP contribution in [0.5, 0.6) is 0 Å². The highest BCUT2D eigenvalue weighted by molar-refractivity contribution is 7.90. The molecule has 1 aromatic heterocycles. The third-order valence-corrected chi connectivity index (χ3v) is 7.22. The van der Waals surface area contributed by atoms with E-state index in [0.717, 1.165) is 33.7 Å². The molecule has 30 heavy (non-hydrogen) atoms. The number of alkyl halides is 3. The molecule has 1 N–H and O–H groups in total. The van der Waals surface area contributed by atoms with Gasteiger partial charge in [0.15, 0.2) is 0 Å². The molecule has 0 saturated carbocycles. The summed E-state index contributed by atoms with van der Waals surface area (Å²) in [5.74, 6) is 0. The summed E-state index contributed by atoms with van der Waals surface area (Å²) in [5.41, 5.74) is 1.14. The number of hydrogen-bond donors (Lipinski definition) is 1. The second-order valence-corrected chi connectivity index (χ2v) is 9.38. The van der Waals surface area contributed by atoms with Gasteiger partial charge in [-0.15, -0.1) is 0 Å². The van der Waals surface area contributed by atoms with Crippen molar-refractivity contribution in [1.82, 2.24) is 9.29 Å². The fourth-order valence-electron chi connectivity index (χ4n) is 3.92. The van der Waals surface area contributed by atoms with Crippen LogP contribution >= 0.6 is 11.6 Å². The largest absolute Gasteiger partial charge is 0.416 e. The molecule has 0 amide bonds. The van der Waals surface area contributed by atoms with Gasteiger partial charge in [0.25, 0.3) is 10.0 Å². The molecule has 1 aliphatic carbocycles. The van der Waals surface area contributed by atoms with E-state index in [1.165, 1.54) is 36.5 Å². The summed E-state index contributed by atoms with van der Waals surface area (Å²) in [6, 6.07) is 10.5. The highest BCUT2D eigenvalue weighted by Gasteiger charge is 2.34. The second-order valence-electron chi connectivity index (χ2n) is 7.13. The topological polar surface area (TPSA) is 51.1 Å². The van der Waals surface area contributed by atoms with Crippen molar-refractivity contribution in [2.24, 2.45) is 0 Å². The van der Waals surface area contributed by atoms with E-state index in [-0.39, 0.29) is 27.2 Å². The Balaban J connectivity index is 1.98. The van der Waals surface area contributed by atoms with Gasteiger partial charge in [-0.1, -0.05) is 29.8 Å². The van der Waals surface area contributed by atoms with E-state index in [1.807, 2.05) is 0 Å². The number of rotatable bonds is 4. The zero-order valence-corrected chi connectivity index (χ0v) is 17.4. The van der Waals surface area contributed by atoms with Crippen molar-refractivity contribution >= 4 is 21.6 Å². The van der Waals surface area contributed by atoms with E-state index in [0.29, 0.717) is 6.42 Å². The van der Waals surface area contributed by atoms with Crippen molar-refractivity contribution in [3.63, 3.8) is 0 Å². The number of halogens is 4. The second kappa shape index (κ2) is 7.44. The molecule has 1 aliphatic rings. The minimum absolute atomic E-state index is 0.0297. The normalized spacial score (nSPS) is 16.6. The third kappa shape index (κ3) is 3.53. The van der Waals surface area contributed by atoms with E-state index in [9.17, 15) is 21.6 Å². The van der Waals surface area contributed by atoms with E-state index in [2.05, 4.69) is 5.32 Å². The molecule has 0 aliphatic heterocycles. The summed E-state index contributed by atoms with van der Waals surface area (Å²) in [6.07, 6.45) is -1.72. The van der Waals surface area contributed by atoms with Crippen LogP contribution in [-0.4, -0.2) is 19.4 Å². The lowest BCUT2D eigenvalue weighted by atomic mass is 10.0. The minimum Gasteiger partial charge on any atom is -0.313 e. The smallest absolute Gasteiger partial charge is 0.313 e. The van der Waals surface area contributed by atoms with Gasteiger partial charge in [-0.25, -0.2) is 12.4 Å². The predicted molar refractivity (Wildman–Crippen MR) is 109 cm³/mol. The van der Waals surface area contributed by atoms with Crippen LogP contribution in [0.2, 0.25) is 5.02 Å². The Morgan fingerprint density at radius 2 is 1.87 bits per heavy atom. The Bertz CT molecular complexity index is 1220. The van der Waals surface area contributed by atoms with Crippen LogP contribution < -0.4 is 5.32 Å². The van der Waals surface area contributed by atoms with Gasteiger partial charge in [-0.05, 0) is 61.3 Å². The molecule has 158 valence electrons. The standard InChI is InChI=1S/C21H18ClF3N2O2S/c1-26-19-9-8-17-18(19)12-27(30(28,29)16-7-3-6-15(22)11-16)20(17)13-4-2-5-14(10-13)21(23,24)25/h2-7,10-12,19,26H,8-9H2,1H3. The molecule has 0 bridgehead atoms. The average molecular weight is 455 g/mol. The molecule has 3 aromatic rings. The van der Waals surface area contributed by atoms with Gasteiger partial charge in [0.1, 0.15) is 0 Å². The Kier molecular flexibility index (Phi) is 5.20. The maximum atomic E-state index is 13.4. The lowest BCUT2D eigenvalue weighted by molar-refractivity contribution is -0.137. The number of hydrogen-bond acceptors (Lipinski definition) is 3. The van der Waals surface area contributed by atoms with Crippen LogP contribution in [0.15, 0.2) is 59.6 Å². The lowest BCUT2D eigenvalue weighted by Gasteiger charge is -2.15. The first-order valence-corrected chi connectivity index (χ1v) is 11.0. The minimum atomic E-state index is -4.53. The number of fused-ring (bicyclic) bond motifs is 1. The summed E-state index contributed by atoms with van der Waals surface area (Å²) >= 11 is 5.98. The van der Waals surface area contributed by atoms with E-state index in [1.54, 1.807) is 13.1 Å². The number of nitrogens with one attached hydrogen (secondary N) is 1. The third-order valence-electron chi connectivity index (χ3n) is 5.33. The van der Waals surface area contributed by atoms with Crippen LogP contribution in [-0.2, 0) is 22.6 Å². The summed E-state index contributed by atoms with van der Waals surface area (Å²) in [6.45, 7) is 0. The fourth-order valence-corrected chi connectivity index (χ4v) is 5.64. The first kappa shape index (κ1) is 21.0. The van der Waals surface area contributed by atoms with Crippen molar-refractivity contribution in [3.8, 4) is 11.3 Å². The number of benzene rings is 2. The van der Waals surface area contributed by atoms with Crippen LogP contribution in [0.3, 0.4) is 0 Å². The molecule has 2 aromatic carbocycles. The van der Waals surface area contributed by atoms with Gasteiger partial charge < -0.3 is 5.32 Å². The zero-order valence-electron chi connectivity index (χ0n) is 15.9. The molecule has 1 unspecified atom stereocenters. The maximum Gasteiger partial charge on any atom is 0.416 e. The quantitative estimate of drug-likeness (QED) is 0.584. The summed E-state index contributed by atoms with van der Waals surface area (Å²) < 4.78 is 67.8. The molecule has 1 atom stereocenters. The number of aromatic nitrogens is 1. The van der Waals surface area contributed by atoms with Gasteiger partial charge in [0, 0.05) is 22.8 Å². The van der Waals surface area contributed by atoms with Gasteiger partial charge >= 0.3 is 6.18 Å². The molecule has 0 saturated heterocycles. The van der Waals surface area contributed by atoms with Crippen LogP contribution in [0.25, 0.3) is 11.3 Å². The van der Waals surface area contributed by atoms with Gasteiger partial charge in [0.2, 0.25) is 0 Å². The van der Waals surface area contributed by atoms with E-state index < -0.39 is 21.8 Å². The highest BCUT2D eigenvalue weighted by atomic mass is 35.5. The zero-order chi connectivity index (χ0) is 21.7.